The highest BCUT2D eigenvalue weighted by atomic mass is 16.8. The van der Waals surface area contributed by atoms with Crippen LogP contribution in [0.3, 0.4) is 0 Å². The van der Waals surface area contributed by atoms with E-state index in [1.54, 1.807) is 0 Å². The Bertz CT molecular complexity index is 993. The number of aliphatic hydroxyl groups excluding tert-OH is 5. The van der Waals surface area contributed by atoms with Crippen LogP contribution in [0, 0.1) is 0 Å². The molecule has 5 unspecified atom stereocenters. The van der Waals surface area contributed by atoms with Gasteiger partial charge in [0.1, 0.15) is 62.0 Å². The average Bonchev–Trinajstić information content (AvgIpc) is 3.04. The summed E-state index contributed by atoms with van der Waals surface area (Å²) in [5.74, 6) is -2.00. The van der Waals surface area contributed by atoms with E-state index in [0.717, 1.165) is 77.6 Å². The quantitative estimate of drug-likeness (QED) is 0.0506. The molecule has 0 aromatic heterocycles. The molecule has 0 saturated carbocycles. The van der Waals surface area contributed by atoms with Crippen LogP contribution in [0.25, 0.3) is 0 Å². The van der Waals surface area contributed by atoms with Gasteiger partial charge in [0.05, 0.1) is 6.10 Å². The fraction of sp³-hybridized carbons (Fsp3) is 0.853. The van der Waals surface area contributed by atoms with Crippen molar-refractivity contribution in [3.8, 4) is 0 Å². The summed E-state index contributed by atoms with van der Waals surface area (Å²) >= 11 is 0. The predicted octanol–water partition coefficient (Wildman–Crippen LogP) is 1.87. The third kappa shape index (κ3) is 16.1. The van der Waals surface area contributed by atoms with Gasteiger partial charge in [-0.05, 0) is 45.4 Å². The van der Waals surface area contributed by atoms with Crippen molar-refractivity contribution < 1.29 is 73.4 Å². The third-order valence-electron chi connectivity index (χ3n) is 8.53. The molecule has 0 aliphatic carbocycles. The summed E-state index contributed by atoms with van der Waals surface area (Å²) in [7, 11) is 0. The third-order valence-corrected chi connectivity index (χ3v) is 8.53. The molecule has 0 aromatic carbocycles. The number of aliphatic carboxylic acids is 1. The van der Waals surface area contributed by atoms with Gasteiger partial charge in [-0.2, -0.15) is 0 Å². The van der Waals surface area contributed by atoms with E-state index in [1.807, 2.05) is 6.92 Å². The molecule has 284 valence electrons. The summed E-state index contributed by atoms with van der Waals surface area (Å²) in [6.45, 7) is 3.35. The second kappa shape index (κ2) is 23.3. The minimum absolute atomic E-state index is 0.245. The van der Waals surface area contributed by atoms with E-state index in [1.165, 1.54) is 6.92 Å². The van der Waals surface area contributed by atoms with Gasteiger partial charge in [0.2, 0.25) is 0 Å². The Morgan fingerprint density at radius 1 is 0.653 bits per heavy atom. The molecule has 11 atom stereocenters. The first-order valence-corrected chi connectivity index (χ1v) is 17.5. The van der Waals surface area contributed by atoms with Gasteiger partial charge >= 0.3 is 17.9 Å². The minimum atomic E-state index is -1.78. The molecule has 49 heavy (non-hydrogen) atoms. The number of carbonyl (C=O) groups is 3. The molecule has 0 aromatic rings. The van der Waals surface area contributed by atoms with E-state index in [-0.39, 0.29) is 13.0 Å². The minimum Gasteiger partial charge on any atom is -0.481 e. The normalized spacial score (nSPS) is 31.0. The maximum absolute atomic E-state index is 11.4. The van der Waals surface area contributed by atoms with Crippen molar-refractivity contribution in [1.82, 2.24) is 0 Å². The number of allylic oxidation sites excluding steroid dienone is 2. The summed E-state index contributed by atoms with van der Waals surface area (Å²) in [6.07, 6.45) is 0.603. The summed E-state index contributed by atoms with van der Waals surface area (Å²) in [4.78, 5) is 33.2. The lowest BCUT2D eigenvalue weighted by Crippen LogP contribution is -2.65. The molecule has 15 nitrogen and oxygen atoms in total. The van der Waals surface area contributed by atoms with E-state index in [2.05, 4.69) is 12.2 Å². The number of hydrogen-bond donors (Lipinski definition) is 6. The van der Waals surface area contributed by atoms with Crippen LogP contribution in [0.4, 0.5) is 0 Å². The average molecular weight is 707 g/mol. The molecular formula is C34H58O15. The highest BCUT2D eigenvalue weighted by Crippen LogP contribution is 2.31. The number of rotatable bonds is 23. The summed E-state index contributed by atoms with van der Waals surface area (Å²) in [6, 6.07) is 0. The molecule has 0 amide bonds. The van der Waals surface area contributed by atoms with Crippen molar-refractivity contribution in [3.05, 3.63) is 12.2 Å². The smallest absolute Gasteiger partial charge is 0.303 e. The van der Waals surface area contributed by atoms with Gasteiger partial charge < -0.3 is 59.1 Å². The predicted molar refractivity (Wildman–Crippen MR) is 173 cm³/mol. The molecule has 15 heteroatoms. The number of hydrogen-bond acceptors (Lipinski definition) is 14. The molecule has 0 bridgehead atoms. The Morgan fingerprint density at radius 2 is 1.14 bits per heavy atom. The number of carboxylic acid groups (broad SMARTS) is 1. The van der Waals surface area contributed by atoms with Gasteiger partial charge in [-0.25, -0.2) is 0 Å². The first-order valence-electron chi connectivity index (χ1n) is 17.5. The Balaban J connectivity index is 1.85. The number of carboxylic acids is 1. The Kier molecular flexibility index (Phi) is 20.4. The SMILES string of the molecule is CC(=O)OCC1O[C@@H](OC2[C@H](OC(C)CCCCCCC=CCCCCCCCC(=O)O)OC(COC(C)=O)[C@@H](O)[C@@H]2O)C(O)[C@@H](O)[C@@H]1O. The van der Waals surface area contributed by atoms with Crippen molar-refractivity contribution in [3.63, 3.8) is 0 Å². The molecule has 0 radical (unpaired) electrons. The lowest BCUT2D eigenvalue weighted by molar-refractivity contribution is -0.371. The van der Waals surface area contributed by atoms with E-state index in [0.29, 0.717) is 6.42 Å². The zero-order valence-electron chi connectivity index (χ0n) is 29.0. The number of carbonyl (C=O) groups excluding carboxylic acids is 2. The molecular weight excluding hydrogens is 648 g/mol. The van der Waals surface area contributed by atoms with Gasteiger partial charge in [-0.15, -0.1) is 0 Å². The van der Waals surface area contributed by atoms with Crippen LogP contribution in [0.1, 0.15) is 104 Å². The lowest BCUT2D eigenvalue weighted by Gasteiger charge is -2.46. The van der Waals surface area contributed by atoms with Crippen molar-refractivity contribution in [1.29, 1.82) is 0 Å². The molecule has 2 heterocycles. The van der Waals surface area contributed by atoms with Crippen LogP contribution in [0.15, 0.2) is 12.2 Å². The molecule has 2 saturated heterocycles. The van der Waals surface area contributed by atoms with Gasteiger partial charge in [0, 0.05) is 20.3 Å². The van der Waals surface area contributed by atoms with Crippen molar-refractivity contribution in [2.24, 2.45) is 0 Å². The van der Waals surface area contributed by atoms with E-state index < -0.39 is 92.0 Å². The molecule has 2 aliphatic rings. The van der Waals surface area contributed by atoms with E-state index in [4.69, 9.17) is 33.5 Å². The standard InChI is InChI=1S/C34H58O15/c1-21(17-15-13-11-9-7-5-4-6-8-10-12-14-16-18-26(37)38)46-34-32(30(42)28(40)25(48-34)20-45-23(3)36)49-33-31(43)29(41)27(39)24(47-33)19-44-22(2)35/h4-5,21,24-25,27-34,39-43H,6-20H2,1-3H3,(H,37,38)/t21?,24?,25?,27-,28-,29+,30+,31?,32?,33+,34-/m1/s1. The first-order chi connectivity index (χ1) is 23.3. The second-order valence-electron chi connectivity index (χ2n) is 12.9. The molecule has 6 N–H and O–H groups in total. The lowest BCUT2D eigenvalue weighted by atomic mass is 9.97. The van der Waals surface area contributed by atoms with E-state index >= 15 is 0 Å². The van der Waals surface area contributed by atoms with Gasteiger partial charge in [0.15, 0.2) is 12.6 Å². The second-order valence-corrected chi connectivity index (χ2v) is 12.9. The van der Waals surface area contributed by atoms with Crippen molar-refractivity contribution >= 4 is 17.9 Å². The van der Waals surface area contributed by atoms with Crippen molar-refractivity contribution in [2.45, 2.75) is 172 Å². The highest BCUT2D eigenvalue weighted by Gasteiger charge is 2.51. The summed E-state index contributed by atoms with van der Waals surface area (Å²) < 4.78 is 33.3. The summed E-state index contributed by atoms with van der Waals surface area (Å²) in [5.41, 5.74) is 0. The van der Waals surface area contributed by atoms with Gasteiger partial charge in [-0.1, -0.05) is 50.7 Å². The number of aliphatic hydroxyl groups is 5. The van der Waals surface area contributed by atoms with E-state index in [9.17, 15) is 39.9 Å². The maximum Gasteiger partial charge on any atom is 0.303 e. The highest BCUT2D eigenvalue weighted by molar-refractivity contribution is 5.66. The van der Waals surface area contributed by atoms with Gasteiger partial charge in [-0.3, -0.25) is 14.4 Å². The largest absolute Gasteiger partial charge is 0.481 e. The topological polar surface area (TPSA) is 228 Å². The molecule has 2 rings (SSSR count). The fourth-order valence-corrected chi connectivity index (χ4v) is 5.67. The summed E-state index contributed by atoms with van der Waals surface area (Å²) in [5, 5.41) is 61.7. The Labute approximate surface area is 288 Å². The monoisotopic (exact) mass is 706 g/mol. The zero-order valence-corrected chi connectivity index (χ0v) is 29.0. The number of esters is 2. The fourth-order valence-electron chi connectivity index (χ4n) is 5.67. The molecule has 0 spiro atoms. The maximum atomic E-state index is 11.4. The van der Waals surface area contributed by atoms with Crippen LogP contribution in [-0.4, -0.2) is 129 Å². The van der Waals surface area contributed by atoms with Crippen LogP contribution in [0.2, 0.25) is 0 Å². The first kappa shape index (κ1) is 43.0. The molecule has 2 fully saturated rings. The van der Waals surface area contributed by atoms with Crippen LogP contribution >= 0.6 is 0 Å². The van der Waals surface area contributed by atoms with Crippen LogP contribution in [-0.2, 0) is 42.8 Å². The van der Waals surface area contributed by atoms with Crippen LogP contribution < -0.4 is 0 Å². The zero-order chi connectivity index (χ0) is 36.3. The number of unbranched alkanes of at least 4 members (excludes halogenated alkanes) is 9. The van der Waals surface area contributed by atoms with Crippen molar-refractivity contribution in [2.75, 3.05) is 13.2 Å². The van der Waals surface area contributed by atoms with Crippen LogP contribution in [0.5, 0.6) is 0 Å². The Hall–Kier alpha value is -2.21. The number of ether oxygens (including phenoxy) is 6. The van der Waals surface area contributed by atoms with Gasteiger partial charge in [0.25, 0.3) is 0 Å². The molecule has 2 aliphatic heterocycles. The Morgan fingerprint density at radius 3 is 1.69 bits per heavy atom.